The zero-order valence-corrected chi connectivity index (χ0v) is 9.27. The molecule has 1 fully saturated rings. The molecule has 5 nitrogen and oxygen atoms in total. The van der Waals surface area contributed by atoms with Crippen LogP contribution in [0.4, 0.5) is 14.6 Å². The smallest absolute Gasteiger partial charge is 0.272 e. The van der Waals surface area contributed by atoms with E-state index in [0.717, 1.165) is 32.0 Å². The van der Waals surface area contributed by atoms with Crippen molar-refractivity contribution in [2.75, 3.05) is 37.7 Å². The molecule has 0 bridgehead atoms. The van der Waals surface area contributed by atoms with Gasteiger partial charge in [0.25, 0.3) is 6.43 Å². The number of hydrogen-bond donors (Lipinski definition) is 1. The highest BCUT2D eigenvalue weighted by Crippen LogP contribution is 2.13. The summed E-state index contributed by atoms with van der Waals surface area (Å²) in [6.45, 7) is 2.90. The fraction of sp³-hybridized carbons (Fsp3) is 0.600. The van der Waals surface area contributed by atoms with Crippen LogP contribution in [0.25, 0.3) is 0 Å². The Morgan fingerprint density at radius 2 is 2.06 bits per heavy atom. The molecule has 2 rings (SSSR count). The highest BCUT2D eigenvalue weighted by atomic mass is 19.3. The van der Waals surface area contributed by atoms with E-state index >= 15 is 0 Å². The normalized spacial score (nSPS) is 16.3. The van der Waals surface area contributed by atoms with Gasteiger partial charge in [-0.1, -0.05) is 0 Å². The average molecular weight is 244 g/mol. The van der Waals surface area contributed by atoms with Gasteiger partial charge in [-0.2, -0.15) is 0 Å². The number of anilines is 1. The number of aromatic nitrogens is 2. The Bertz CT molecular complexity index is 341. The van der Waals surface area contributed by atoms with Gasteiger partial charge in [0, 0.05) is 32.2 Å². The van der Waals surface area contributed by atoms with E-state index in [2.05, 4.69) is 20.4 Å². The van der Waals surface area contributed by atoms with Gasteiger partial charge in [-0.3, -0.25) is 0 Å². The van der Waals surface area contributed by atoms with Crippen LogP contribution in [0.3, 0.4) is 0 Å². The fourth-order valence-corrected chi connectivity index (χ4v) is 1.60. The quantitative estimate of drug-likeness (QED) is 0.837. The van der Waals surface area contributed by atoms with Gasteiger partial charge in [-0.15, -0.1) is 10.2 Å². The minimum atomic E-state index is -2.50. The molecular weight excluding hydrogens is 230 g/mol. The highest BCUT2D eigenvalue weighted by molar-refractivity contribution is 5.38. The van der Waals surface area contributed by atoms with Crippen molar-refractivity contribution in [3.8, 4) is 5.88 Å². The van der Waals surface area contributed by atoms with Crippen molar-refractivity contribution in [1.82, 2.24) is 15.5 Å². The fourth-order valence-electron chi connectivity index (χ4n) is 1.60. The third-order valence-corrected chi connectivity index (χ3v) is 2.42. The molecule has 0 spiro atoms. The predicted molar refractivity (Wildman–Crippen MR) is 58.6 cm³/mol. The Labute approximate surface area is 97.8 Å². The van der Waals surface area contributed by atoms with Crippen molar-refractivity contribution in [3.05, 3.63) is 12.1 Å². The molecule has 0 atom stereocenters. The second-order valence-electron chi connectivity index (χ2n) is 3.67. The average Bonchev–Trinajstić information content (AvgIpc) is 2.38. The Morgan fingerprint density at radius 1 is 1.29 bits per heavy atom. The summed E-state index contributed by atoms with van der Waals surface area (Å²) in [4.78, 5) is 2.08. The van der Waals surface area contributed by atoms with Crippen LogP contribution in [0.5, 0.6) is 5.88 Å². The molecule has 2 heterocycles. The molecule has 1 aliphatic heterocycles. The van der Waals surface area contributed by atoms with Crippen LogP contribution in [-0.4, -0.2) is 49.4 Å². The molecule has 1 aliphatic rings. The molecule has 1 N–H and O–H groups in total. The Morgan fingerprint density at radius 3 is 2.65 bits per heavy atom. The van der Waals surface area contributed by atoms with Crippen LogP contribution in [0.15, 0.2) is 12.1 Å². The number of halogens is 2. The molecule has 17 heavy (non-hydrogen) atoms. The van der Waals surface area contributed by atoms with E-state index in [1.54, 1.807) is 12.1 Å². The first-order valence-corrected chi connectivity index (χ1v) is 5.46. The van der Waals surface area contributed by atoms with Crippen LogP contribution in [0, 0.1) is 0 Å². The lowest BCUT2D eigenvalue weighted by molar-refractivity contribution is 0.0791. The molecule has 0 unspecified atom stereocenters. The largest absolute Gasteiger partial charge is 0.471 e. The van der Waals surface area contributed by atoms with Gasteiger partial charge in [-0.05, 0) is 6.07 Å². The van der Waals surface area contributed by atoms with Crippen LogP contribution in [-0.2, 0) is 0 Å². The third-order valence-electron chi connectivity index (χ3n) is 2.42. The molecule has 0 aliphatic carbocycles. The summed E-state index contributed by atoms with van der Waals surface area (Å²) < 4.78 is 28.6. The van der Waals surface area contributed by atoms with Crippen LogP contribution >= 0.6 is 0 Å². The lowest BCUT2D eigenvalue weighted by Crippen LogP contribution is -2.43. The van der Waals surface area contributed by atoms with E-state index in [-0.39, 0.29) is 5.88 Å². The lowest BCUT2D eigenvalue weighted by Gasteiger charge is -2.27. The van der Waals surface area contributed by atoms with Crippen molar-refractivity contribution in [2.45, 2.75) is 6.43 Å². The molecule has 1 aromatic heterocycles. The second-order valence-corrected chi connectivity index (χ2v) is 3.67. The summed E-state index contributed by atoms with van der Waals surface area (Å²) in [5.41, 5.74) is 0. The van der Waals surface area contributed by atoms with Gasteiger partial charge < -0.3 is 15.0 Å². The summed E-state index contributed by atoms with van der Waals surface area (Å²) >= 11 is 0. The highest BCUT2D eigenvalue weighted by Gasteiger charge is 2.12. The molecule has 0 aromatic carbocycles. The number of nitrogens with one attached hydrogen (secondary N) is 1. The first-order valence-electron chi connectivity index (χ1n) is 5.46. The topological polar surface area (TPSA) is 50.3 Å². The maximum atomic E-state index is 11.9. The zero-order chi connectivity index (χ0) is 12.1. The van der Waals surface area contributed by atoms with Crippen molar-refractivity contribution in [1.29, 1.82) is 0 Å². The summed E-state index contributed by atoms with van der Waals surface area (Å²) in [6, 6.07) is 3.30. The summed E-state index contributed by atoms with van der Waals surface area (Å²) in [7, 11) is 0. The van der Waals surface area contributed by atoms with Crippen LogP contribution in [0.1, 0.15) is 0 Å². The SMILES string of the molecule is FC(F)COc1ccc(N2CCNCC2)nn1. The minimum absolute atomic E-state index is 0.129. The number of rotatable bonds is 4. The van der Waals surface area contributed by atoms with Crippen molar-refractivity contribution >= 4 is 5.82 Å². The summed E-state index contributed by atoms with van der Waals surface area (Å²) in [5.74, 6) is 0.875. The van der Waals surface area contributed by atoms with Crippen molar-refractivity contribution in [2.24, 2.45) is 0 Å². The van der Waals surface area contributed by atoms with E-state index in [4.69, 9.17) is 4.74 Å². The van der Waals surface area contributed by atoms with Crippen molar-refractivity contribution < 1.29 is 13.5 Å². The Kier molecular flexibility index (Phi) is 4.03. The lowest BCUT2D eigenvalue weighted by atomic mass is 10.3. The molecule has 1 saturated heterocycles. The number of ether oxygens (including phenoxy) is 1. The first kappa shape index (κ1) is 12.0. The van der Waals surface area contributed by atoms with Gasteiger partial charge in [0.05, 0.1) is 0 Å². The van der Waals surface area contributed by atoms with Gasteiger partial charge in [-0.25, -0.2) is 8.78 Å². The van der Waals surface area contributed by atoms with Crippen molar-refractivity contribution in [3.63, 3.8) is 0 Å². The molecule has 0 radical (unpaired) electrons. The van der Waals surface area contributed by atoms with E-state index in [0.29, 0.717) is 0 Å². The Balaban J connectivity index is 1.92. The number of nitrogens with zero attached hydrogens (tertiary/aromatic N) is 3. The molecule has 1 aromatic rings. The standard InChI is InChI=1S/C10H14F2N4O/c11-8(12)7-17-10-2-1-9(14-15-10)16-5-3-13-4-6-16/h1-2,8,13H,3-7H2. The number of piperazine rings is 1. The van der Waals surface area contributed by atoms with Gasteiger partial charge in [0.2, 0.25) is 5.88 Å². The predicted octanol–water partition coefficient (Wildman–Crippen LogP) is 0.530. The second kappa shape index (κ2) is 5.72. The number of alkyl halides is 2. The molecule has 94 valence electrons. The van der Waals surface area contributed by atoms with E-state index < -0.39 is 13.0 Å². The maximum Gasteiger partial charge on any atom is 0.272 e. The van der Waals surface area contributed by atoms with E-state index in [9.17, 15) is 8.78 Å². The summed E-state index contributed by atoms with van der Waals surface area (Å²) in [6.07, 6.45) is -2.50. The molecule has 0 amide bonds. The van der Waals surface area contributed by atoms with E-state index in [1.165, 1.54) is 0 Å². The number of hydrogen-bond acceptors (Lipinski definition) is 5. The zero-order valence-electron chi connectivity index (χ0n) is 9.27. The van der Waals surface area contributed by atoms with E-state index in [1.807, 2.05) is 0 Å². The molecular formula is C10H14F2N4O. The Hall–Kier alpha value is -1.50. The van der Waals surface area contributed by atoms with Gasteiger partial charge in [0.15, 0.2) is 12.4 Å². The first-order chi connectivity index (χ1) is 8.25. The van der Waals surface area contributed by atoms with Crippen LogP contribution in [0.2, 0.25) is 0 Å². The molecule has 0 saturated carbocycles. The van der Waals surface area contributed by atoms with Crippen LogP contribution < -0.4 is 15.0 Å². The molecule has 7 heteroatoms. The summed E-state index contributed by atoms with van der Waals surface area (Å²) in [5, 5.41) is 10.9. The van der Waals surface area contributed by atoms with Gasteiger partial charge in [0.1, 0.15) is 0 Å². The van der Waals surface area contributed by atoms with Gasteiger partial charge >= 0.3 is 0 Å². The monoisotopic (exact) mass is 244 g/mol. The maximum absolute atomic E-state index is 11.9. The minimum Gasteiger partial charge on any atom is -0.471 e. The third kappa shape index (κ3) is 3.48.